The quantitative estimate of drug-likeness (QED) is 0.181. The molecule has 8 aromatic rings. The molecule has 1 heterocycles. The number of hydrogen-bond acceptors (Lipinski definition) is 1. The van der Waals surface area contributed by atoms with Crippen molar-refractivity contribution in [3.8, 4) is 16.8 Å². The minimum atomic E-state index is 0.950. The lowest BCUT2D eigenvalue weighted by Gasteiger charge is -2.30. The molecule has 0 spiro atoms. The predicted molar refractivity (Wildman–Crippen MR) is 204 cm³/mol. The number of nitrogens with zero attached hydrogens (tertiary/aromatic N) is 2. The van der Waals surface area contributed by atoms with Crippen LogP contribution in [0.25, 0.3) is 55.0 Å². The number of aromatic nitrogens is 1. The largest absolute Gasteiger partial charge is 0.314 e. The van der Waals surface area contributed by atoms with E-state index in [1.165, 1.54) is 60.5 Å². The summed E-state index contributed by atoms with van der Waals surface area (Å²) in [7, 11) is 0. The molecular weight excluding hydrogens is 581 g/mol. The first-order chi connectivity index (χ1) is 23.8. The molecule has 0 amide bonds. The molecule has 48 heavy (non-hydrogen) atoms. The lowest BCUT2D eigenvalue weighted by molar-refractivity contribution is 0.930. The van der Waals surface area contributed by atoms with Crippen LogP contribution in [0.1, 0.15) is 18.4 Å². The van der Waals surface area contributed by atoms with E-state index in [1.807, 2.05) is 0 Å². The zero-order chi connectivity index (χ0) is 31.9. The number of hydrogen-bond donors (Lipinski definition) is 0. The SMILES string of the molecule is C1=C(c2ccccc2)CCC(N(c2ccc(-c3ccccc3)cc2)c2ccc3c4c5ccccc5ccc4n(-c4ccccc4)c3c2)=C1. The van der Waals surface area contributed by atoms with Crippen molar-refractivity contribution in [2.24, 2.45) is 0 Å². The molecule has 0 bridgehead atoms. The zero-order valence-corrected chi connectivity index (χ0v) is 26.6. The number of anilines is 2. The van der Waals surface area contributed by atoms with Crippen LogP contribution in [0.4, 0.5) is 11.4 Å². The van der Waals surface area contributed by atoms with Crippen molar-refractivity contribution in [1.82, 2.24) is 4.57 Å². The average molecular weight is 615 g/mol. The molecule has 0 unspecified atom stereocenters. The fourth-order valence-corrected chi connectivity index (χ4v) is 7.39. The molecule has 1 aliphatic rings. The normalized spacial score (nSPS) is 13.1. The Balaban J connectivity index is 1.25. The Morgan fingerprint density at radius 2 is 1.08 bits per heavy atom. The van der Waals surface area contributed by atoms with Gasteiger partial charge in [-0.2, -0.15) is 0 Å². The van der Waals surface area contributed by atoms with Gasteiger partial charge in [-0.1, -0.05) is 133 Å². The summed E-state index contributed by atoms with van der Waals surface area (Å²) in [6.45, 7) is 0. The van der Waals surface area contributed by atoms with E-state index in [1.54, 1.807) is 0 Å². The topological polar surface area (TPSA) is 8.17 Å². The van der Waals surface area contributed by atoms with E-state index in [-0.39, 0.29) is 0 Å². The summed E-state index contributed by atoms with van der Waals surface area (Å²) >= 11 is 0. The van der Waals surface area contributed by atoms with E-state index in [9.17, 15) is 0 Å². The first kappa shape index (κ1) is 28.1. The summed E-state index contributed by atoms with van der Waals surface area (Å²) in [6.07, 6.45) is 6.57. The van der Waals surface area contributed by atoms with Crippen LogP contribution >= 0.6 is 0 Å². The Morgan fingerprint density at radius 1 is 0.438 bits per heavy atom. The van der Waals surface area contributed by atoms with Gasteiger partial charge in [-0.25, -0.2) is 0 Å². The van der Waals surface area contributed by atoms with Crippen LogP contribution in [0.2, 0.25) is 0 Å². The summed E-state index contributed by atoms with van der Waals surface area (Å²) in [5.74, 6) is 0. The fourth-order valence-electron chi connectivity index (χ4n) is 7.39. The summed E-state index contributed by atoms with van der Waals surface area (Å²) in [6, 6.07) is 61.5. The highest BCUT2D eigenvalue weighted by atomic mass is 15.2. The first-order valence-electron chi connectivity index (χ1n) is 16.7. The average Bonchev–Trinajstić information content (AvgIpc) is 3.51. The summed E-state index contributed by atoms with van der Waals surface area (Å²) < 4.78 is 2.43. The molecule has 0 aliphatic heterocycles. The van der Waals surface area contributed by atoms with Gasteiger partial charge in [-0.15, -0.1) is 0 Å². The first-order valence-corrected chi connectivity index (χ1v) is 16.7. The molecule has 9 rings (SSSR count). The van der Waals surface area contributed by atoms with Crippen molar-refractivity contribution in [1.29, 1.82) is 0 Å². The van der Waals surface area contributed by atoms with E-state index < -0.39 is 0 Å². The fraction of sp³-hybridized carbons (Fsp3) is 0.0435. The highest BCUT2D eigenvalue weighted by Crippen LogP contribution is 2.42. The van der Waals surface area contributed by atoms with Crippen molar-refractivity contribution in [3.05, 3.63) is 193 Å². The summed E-state index contributed by atoms with van der Waals surface area (Å²) in [5, 5.41) is 5.10. The van der Waals surface area contributed by atoms with E-state index in [0.29, 0.717) is 0 Å². The number of rotatable bonds is 6. The van der Waals surface area contributed by atoms with Gasteiger partial charge in [0, 0.05) is 33.5 Å². The molecule has 7 aromatic carbocycles. The maximum Gasteiger partial charge on any atom is 0.0562 e. The molecular formula is C46H34N2. The van der Waals surface area contributed by atoms with Gasteiger partial charge in [0.25, 0.3) is 0 Å². The molecule has 228 valence electrons. The third-order valence-corrected chi connectivity index (χ3v) is 9.70. The number of para-hydroxylation sites is 1. The van der Waals surface area contributed by atoms with Crippen LogP contribution in [0.3, 0.4) is 0 Å². The van der Waals surface area contributed by atoms with Gasteiger partial charge < -0.3 is 9.47 Å². The van der Waals surface area contributed by atoms with Gasteiger partial charge >= 0.3 is 0 Å². The van der Waals surface area contributed by atoms with Crippen LogP contribution in [0, 0.1) is 0 Å². The highest BCUT2D eigenvalue weighted by molar-refractivity contribution is 6.21. The van der Waals surface area contributed by atoms with E-state index in [0.717, 1.165) is 29.9 Å². The van der Waals surface area contributed by atoms with Crippen LogP contribution in [-0.2, 0) is 0 Å². The third kappa shape index (κ3) is 4.90. The molecule has 0 fully saturated rings. The summed E-state index contributed by atoms with van der Waals surface area (Å²) in [4.78, 5) is 2.46. The predicted octanol–water partition coefficient (Wildman–Crippen LogP) is 12.5. The second-order valence-electron chi connectivity index (χ2n) is 12.5. The van der Waals surface area contributed by atoms with Crippen molar-refractivity contribution in [2.45, 2.75) is 12.8 Å². The molecule has 0 saturated heterocycles. The molecule has 1 aromatic heterocycles. The Kier molecular flexibility index (Phi) is 6.98. The van der Waals surface area contributed by atoms with Crippen molar-refractivity contribution < 1.29 is 0 Å². The summed E-state index contributed by atoms with van der Waals surface area (Å²) in [5.41, 5.74) is 12.3. The Bertz CT molecular complexity index is 2470. The van der Waals surface area contributed by atoms with Crippen molar-refractivity contribution in [3.63, 3.8) is 0 Å². The standard InChI is InChI=1S/C46H34N2/c1-4-12-33(13-5-1)35-20-25-39(26-21-35)47(40-27-22-36(23-28-40)34-14-6-2-7-15-34)41-29-30-43-45(32-41)48(38-17-8-3-9-18-38)44-31-24-37-16-10-11-19-42(37)46(43)44/h1-22,24-27,29-32H,23,28H2. The Labute approximate surface area is 281 Å². The molecule has 0 radical (unpaired) electrons. The molecule has 2 heteroatoms. The van der Waals surface area contributed by atoms with Gasteiger partial charge in [0.2, 0.25) is 0 Å². The highest BCUT2D eigenvalue weighted by Gasteiger charge is 2.21. The number of benzene rings is 7. The molecule has 0 saturated carbocycles. The Hall–Kier alpha value is -6.12. The second-order valence-corrected chi connectivity index (χ2v) is 12.5. The van der Waals surface area contributed by atoms with E-state index in [2.05, 4.69) is 191 Å². The van der Waals surface area contributed by atoms with Crippen LogP contribution in [0.15, 0.2) is 188 Å². The van der Waals surface area contributed by atoms with Crippen LogP contribution < -0.4 is 4.90 Å². The minimum absolute atomic E-state index is 0.950. The van der Waals surface area contributed by atoms with Crippen LogP contribution in [0.5, 0.6) is 0 Å². The van der Waals surface area contributed by atoms with Crippen molar-refractivity contribution >= 4 is 49.5 Å². The maximum absolute atomic E-state index is 2.46. The smallest absolute Gasteiger partial charge is 0.0562 e. The van der Waals surface area contributed by atoms with Gasteiger partial charge in [-0.05, 0) is 94.4 Å². The third-order valence-electron chi connectivity index (χ3n) is 9.70. The van der Waals surface area contributed by atoms with Gasteiger partial charge in [0.15, 0.2) is 0 Å². The number of fused-ring (bicyclic) bond motifs is 5. The number of allylic oxidation sites excluding steroid dienone is 4. The molecule has 1 aliphatic carbocycles. The molecule has 2 nitrogen and oxygen atoms in total. The van der Waals surface area contributed by atoms with Crippen LogP contribution in [-0.4, -0.2) is 4.57 Å². The van der Waals surface area contributed by atoms with Gasteiger partial charge in [0.1, 0.15) is 0 Å². The zero-order valence-electron chi connectivity index (χ0n) is 26.6. The van der Waals surface area contributed by atoms with Crippen molar-refractivity contribution in [2.75, 3.05) is 4.90 Å². The van der Waals surface area contributed by atoms with Gasteiger partial charge in [0.05, 0.1) is 11.0 Å². The lowest BCUT2D eigenvalue weighted by atomic mass is 9.95. The van der Waals surface area contributed by atoms with E-state index in [4.69, 9.17) is 0 Å². The maximum atomic E-state index is 2.46. The molecule has 0 N–H and O–H groups in total. The lowest BCUT2D eigenvalue weighted by Crippen LogP contribution is -2.18. The Morgan fingerprint density at radius 3 is 1.81 bits per heavy atom. The van der Waals surface area contributed by atoms with Gasteiger partial charge in [-0.3, -0.25) is 0 Å². The van der Waals surface area contributed by atoms with E-state index >= 15 is 0 Å². The minimum Gasteiger partial charge on any atom is -0.314 e. The second kappa shape index (κ2) is 11.9. The monoisotopic (exact) mass is 614 g/mol. The molecule has 0 atom stereocenters.